The number of carbonyl (C=O) groups excluding carboxylic acids is 1. The van der Waals surface area contributed by atoms with Crippen LogP contribution in [0.2, 0.25) is 0 Å². The van der Waals surface area contributed by atoms with E-state index in [1.54, 1.807) is 17.0 Å². The van der Waals surface area contributed by atoms with Crippen LogP contribution in [0.3, 0.4) is 0 Å². The Labute approximate surface area is 128 Å². The van der Waals surface area contributed by atoms with Gasteiger partial charge in [0.2, 0.25) is 5.91 Å². The van der Waals surface area contributed by atoms with Crippen molar-refractivity contribution in [2.75, 3.05) is 5.75 Å². The number of halogens is 1. The number of nitrogens with zero attached hydrogens (tertiary/aromatic N) is 2. The lowest BCUT2D eigenvalue weighted by Crippen LogP contribution is -2.27. The maximum Gasteiger partial charge on any atom is 0.234 e. The molecule has 8 heteroatoms. The Kier molecular flexibility index (Phi) is 3.86. The summed E-state index contributed by atoms with van der Waals surface area (Å²) in [5.41, 5.74) is 0.918. The van der Waals surface area contributed by atoms with Gasteiger partial charge >= 0.3 is 0 Å². The molecular formula is C12H10FN3OS3. The number of H-pyrrole nitrogens is 1. The summed E-state index contributed by atoms with van der Waals surface area (Å²) in [7, 11) is 0. The molecule has 4 nitrogen and oxygen atoms in total. The average Bonchev–Trinajstić information content (AvgIpc) is 2.99. The quantitative estimate of drug-likeness (QED) is 0.880. The molecule has 1 N–H and O–H groups in total. The fourth-order valence-corrected chi connectivity index (χ4v) is 4.12. The molecule has 1 fully saturated rings. The molecule has 1 aromatic carbocycles. The maximum absolute atomic E-state index is 13.0. The van der Waals surface area contributed by atoms with Crippen LogP contribution in [-0.2, 0) is 11.3 Å². The van der Waals surface area contributed by atoms with E-state index in [1.165, 1.54) is 35.2 Å². The number of hydrogen-bond donors (Lipinski definition) is 1. The fraction of sp³-hybridized carbons (Fsp3) is 0.250. The third-order valence-corrected chi connectivity index (χ3v) is 5.24. The molecule has 2 aromatic rings. The third kappa shape index (κ3) is 2.77. The summed E-state index contributed by atoms with van der Waals surface area (Å²) in [4.78, 5) is 13.8. The first-order valence-corrected chi connectivity index (χ1v) is 8.12. The monoisotopic (exact) mass is 327 g/mol. The number of carbonyl (C=O) groups is 1. The minimum absolute atomic E-state index is 0.0606. The van der Waals surface area contributed by atoms with Gasteiger partial charge in [-0.3, -0.25) is 9.89 Å². The predicted octanol–water partition coefficient (Wildman–Crippen LogP) is 3.11. The summed E-state index contributed by atoms with van der Waals surface area (Å²) in [6.45, 7) is 0.422. The van der Waals surface area contributed by atoms with Crippen LogP contribution >= 0.6 is 35.3 Å². The van der Waals surface area contributed by atoms with Crippen molar-refractivity contribution < 1.29 is 9.18 Å². The van der Waals surface area contributed by atoms with Crippen LogP contribution in [0.5, 0.6) is 0 Å². The van der Waals surface area contributed by atoms with E-state index in [1.807, 2.05) is 0 Å². The first-order chi connectivity index (χ1) is 9.63. The number of hydrogen-bond acceptors (Lipinski definition) is 5. The number of rotatable bonds is 3. The van der Waals surface area contributed by atoms with Crippen LogP contribution in [0.4, 0.5) is 4.39 Å². The highest BCUT2D eigenvalue weighted by Crippen LogP contribution is 2.39. The number of aromatic amines is 1. The second kappa shape index (κ2) is 5.63. The van der Waals surface area contributed by atoms with Crippen LogP contribution in [0, 0.1) is 9.77 Å². The Morgan fingerprint density at radius 2 is 2.20 bits per heavy atom. The summed E-state index contributed by atoms with van der Waals surface area (Å²) < 4.78 is 13.6. The Morgan fingerprint density at radius 1 is 1.45 bits per heavy atom. The highest BCUT2D eigenvalue weighted by molar-refractivity contribution is 8.00. The van der Waals surface area contributed by atoms with Crippen molar-refractivity contribution in [3.05, 3.63) is 44.6 Å². The van der Waals surface area contributed by atoms with Crippen molar-refractivity contribution in [3.8, 4) is 0 Å². The molecular weight excluding hydrogens is 317 g/mol. The molecule has 1 atom stereocenters. The van der Waals surface area contributed by atoms with E-state index in [0.717, 1.165) is 10.6 Å². The Bertz CT molecular complexity index is 682. The molecule has 2 heterocycles. The van der Waals surface area contributed by atoms with Crippen molar-refractivity contribution in [1.82, 2.24) is 15.1 Å². The summed E-state index contributed by atoms with van der Waals surface area (Å²) >= 11 is 7.89. The molecule has 1 amide bonds. The van der Waals surface area contributed by atoms with Crippen molar-refractivity contribution in [2.24, 2.45) is 0 Å². The molecule has 20 heavy (non-hydrogen) atoms. The molecule has 0 spiro atoms. The van der Waals surface area contributed by atoms with Gasteiger partial charge in [-0.1, -0.05) is 23.5 Å². The van der Waals surface area contributed by atoms with E-state index in [9.17, 15) is 9.18 Å². The smallest absolute Gasteiger partial charge is 0.234 e. The van der Waals surface area contributed by atoms with Gasteiger partial charge in [-0.2, -0.15) is 5.10 Å². The zero-order valence-corrected chi connectivity index (χ0v) is 12.7. The molecule has 0 saturated carbocycles. The van der Waals surface area contributed by atoms with E-state index in [-0.39, 0.29) is 17.1 Å². The van der Waals surface area contributed by atoms with E-state index >= 15 is 0 Å². The summed E-state index contributed by atoms with van der Waals surface area (Å²) in [5, 5.41) is 7.47. The molecule has 3 rings (SSSR count). The van der Waals surface area contributed by atoms with Crippen LogP contribution < -0.4 is 0 Å². The molecule has 1 unspecified atom stereocenters. The molecule has 104 valence electrons. The van der Waals surface area contributed by atoms with E-state index < -0.39 is 0 Å². The fourth-order valence-electron chi connectivity index (χ4n) is 2.00. The van der Waals surface area contributed by atoms with E-state index in [4.69, 9.17) is 12.2 Å². The molecule has 0 bridgehead atoms. The van der Waals surface area contributed by atoms with Gasteiger partial charge in [0.1, 0.15) is 16.2 Å². The summed E-state index contributed by atoms with van der Waals surface area (Å²) in [6.07, 6.45) is 0. The Balaban J connectivity index is 1.84. The van der Waals surface area contributed by atoms with Crippen LogP contribution in [0.15, 0.2) is 24.3 Å². The van der Waals surface area contributed by atoms with E-state index in [2.05, 4.69) is 10.2 Å². The zero-order valence-electron chi connectivity index (χ0n) is 10.2. The maximum atomic E-state index is 13.0. The lowest BCUT2D eigenvalue weighted by atomic mass is 10.2. The number of benzene rings is 1. The summed E-state index contributed by atoms with van der Waals surface area (Å²) in [6, 6.07) is 6.25. The normalized spacial score (nSPS) is 18.8. The van der Waals surface area contributed by atoms with Crippen LogP contribution in [-0.4, -0.2) is 26.8 Å². The number of thioether (sulfide) groups is 1. The second-order valence-corrected chi connectivity index (χ2v) is 7.06. The van der Waals surface area contributed by atoms with Gasteiger partial charge in [0.05, 0.1) is 12.3 Å². The SMILES string of the molecule is O=C1CSC(c2ccc(F)cc2)N1Cc1n[nH]c(=S)s1. The van der Waals surface area contributed by atoms with Gasteiger partial charge in [0, 0.05) is 0 Å². The first-order valence-electron chi connectivity index (χ1n) is 5.84. The van der Waals surface area contributed by atoms with E-state index in [0.29, 0.717) is 16.3 Å². The number of nitrogens with one attached hydrogen (secondary N) is 1. The molecule has 1 aromatic heterocycles. The average molecular weight is 327 g/mol. The minimum Gasteiger partial charge on any atom is -0.319 e. The van der Waals surface area contributed by atoms with Crippen molar-refractivity contribution in [3.63, 3.8) is 0 Å². The molecule has 0 radical (unpaired) electrons. The van der Waals surface area contributed by atoms with Crippen molar-refractivity contribution in [1.29, 1.82) is 0 Å². The Hall–Kier alpha value is -1.25. The Morgan fingerprint density at radius 3 is 2.85 bits per heavy atom. The second-order valence-electron chi connectivity index (χ2n) is 4.24. The molecule has 1 aliphatic rings. The molecule has 1 saturated heterocycles. The number of aromatic nitrogens is 2. The third-order valence-electron chi connectivity index (χ3n) is 2.91. The van der Waals surface area contributed by atoms with Gasteiger partial charge in [-0.15, -0.1) is 11.8 Å². The van der Waals surface area contributed by atoms with Gasteiger partial charge in [-0.25, -0.2) is 4.39 Å². The van der Waals surface area contributed by atoms with Crippen LogP contribution in [0.1, 0.15) is 15.9 Å². The minimum atomic E-state index is -0.278. The predicted molar refractivity (Wildman–Crippen MR) is 79.4 cm³/mol. The standard InChI is InChI=1S/C12H10FN3OS3/c13-8-3-1-7(2-4-8)11-16(10(17)6-19-11)5-9-14-15-12(18)20-9/h1-4,11H,5-6H2,(H,15,18). The molecule has 1 aliphatic heterocycles. The van der Waals surface area contributed by atoms with Crippen molar-refractivity contribution in [2.45, 2.75) is 11.9 Å². The van der Waals surface area contributed by atoms with Gasteiger partial charge in [0.25, 0.3) is 0 Å². The first kappa shape index (κ1) is 13.7. The zero-order chi connectivity index (χ0) is 14.1. The molecule has 0 aliphatic carbocycles. The lowest BCUT2D eigenvalue weighted by Gasteiger charge is -2.23. The lowest BCUT2D eigenvalue weighted by molar-refractivity contribution is -0.128. The highest BCUT2D eigenvalue weighted by atomic mass is 32.2. The van der Waals surface area contributed by atoms with Gasteiger partial charge < -0.3 is 4.90 Å². The van der Waals surface area contributed by atoms with Gasteiger partial charge in [0.15, 0.2) is 3.95 Å². The summed E-state index contributed by atoms with van der Waals surface area (Å²) in [5.74, 6) is 0.211. The highest BCUT2D eigenvalue weighted by Gasteiger charge is 2.33. The van der Waals surface area contributed by atoms with Crippen molar-refractivity contribution >= 4 is 41.2 Å². The van der Waals surface area contributed by atoms with Gasteiger partial charge in [-0.05, 0) is 29.9 Å². The number of amides is 1. The van der Waals surface area contributed by atoms with Crippen LogP contribution in [0.25, 0.3) is 0 Å². The topological polar surface area (TPSA) is 49.0 Å². The largest absolute Gasteiger partial charge is 0.319 e.